The number of rotatable bonds is 4. The molecular weight excluding hydrogens is 269 g/mol. The van der Waals surface area contributed by atoms with Gasteiger partial charge in [0.15, 0.2) is 0 Å². The van der Waals surface area contributed by atoms with Crippen LogP contribution < -0.4 is 5.32 Å². The standard InChI is InChI=1S/C16H16FN3O/c1-20-15-10-12(17)4-7-14(15)19-16(20)11-2-5-13(6-3-11)18-8-9-21/h2-7,10,18,21H,8-9H2,1H3. The van der Waals surface area contributed by atoms with Crippen molar-refractivity contribution in [2.24, 2.45) is 7.05 Å². The smallest absolute Gasteiger partial charge is 0.140 e. The van der Waals surface area contributed by atoms with E-state index in [-0.39, 0.29) is 12.4 Å². The van der Waals surface area contributed by atoms with Gasteiger partial charge in [0, 0.05) is 24.8 Å². The van der Waals surface area contributed by atoms with Crippen LogP contribution in [0.5, 0.6) is 0 Å². The van der Waals surface area contributed by atoms with Gasteiger partial charge in [-0.15, -0.1) is 0 Å². The van der Waals surface area contributed by atoms with Crippen molar-refractivity contribution in [2.45, 2.75) is 0 Å². The average Bonchev–Trinajstić information content (AvgIpc) is 2.83. The lowest BCUT2D eigenvalue weighted by Gasteiger charge is -2.06. The number of anilines is 1. The van der Waals surface area contributed by atoms with Crippen LogP contribution in [0.3, 0.4) is 0 Å². The highest BCUT2D eigenvalue weighted by Gasteiger charge is 2.10. The summed E-state index contributed by atoms with van der Waals surface area (Å²) in [6.45, 7) is 0.614. The molecule has 0 aliphatic carbocycles. The van der Waals surface area contributed by atoms with Crippen molar-refractivity contribution in [2.75, 3.05) is 18.5 Å². The lowest BCUT2D eigenvalue weighted by molar-refractivity contribution is 0.311. The Kier molecular flexibility index (Phi) is 3.58. The number of benzene rings is 2. The molecule has 2 N–H and O–H groups in total. The Balaban J connectivity index is 1.98. The molecule has 4 nitrogen and oxygen atoms in total. The van der Waals surface area contributed by atoms with Gasteiger partial charge in [-0.05, 0) is 42.5 Å². The quantitative estimate of drug-likeness (QED) is 0.775. The molecule has 0 spiro atoms. The summed E-state index contributed by atoms with van der Waals surface area (Å²) in [6, 6.07) is 12.4. The van der Waals surface area contributed by atoms with E-state index in [2.05, 4.69) is 10.3 Å². The number of halogens is 1. The van der Waals surface area contributed by atoms with Crippen LogP contribution in [-0.4, -0.2) is 27.8 Å². The topological polar surface area (TPSA) is 50.1 Å². The van der Waals surface area contributed by atoms with Crippen LogP contribution in [0.1, 0.15) is 0 Å². The van der Waals surface area contributed by atoms with E-state index in [0.717, 1.165) is 28.1 Å². The van der Waals surface area contributed by atoms with Gasteiger partial charge >= 0.3 is 0 Å². The predicted molar refractivity (Wildman–Crippen MR) is 81.7 cm³/mol. The van der Waals surface area contributed by atoms with Crippen molar-refractivity contribution in [3.63, 3.8) is 0 Å². The van der Waals surface area contributed by atoms with Gasteiger partial charge < -0.3 is 15.0 Å². The van der Waals surface area contributed by atoms with Crippen LogP contribution >= 0.6 is 0 Å². The van der Waals surface area contributed by atoms with Crippen LogP contribution in [0.2, 0.25) is 0 Å². The van der Waals surface area contributed by atoms with Crippen LogP contribution in [0.25, 0.3) is 22.4 Å². The number of aryl methyl sites for hydroxylation is 1. The number of aromatic nitrogens is 2. The lowest BCUT2D eigenvalue weighted by Crippen LogP contribution is -2.05. The van der Waals surface area contributed by atoms with Crippen LogP contribution in [-0.2, 0) is 7.05 Å². The van der Waals surface area contributed by atoms with E-state index in [9.17, 15) is 4.39 Å². The minimum absolute atomic E-state index is 0.0953. The molecule has 1 heterocycles. The number of hydrogen-bond donors (Lipinski definition) is 2. The number of aliphatic hydroxyl groups excluding tert-OH is 1. The summed E-state index contributed by atoms with van der Waals surface area (Å²) < 4.78 is 15.2. The third-order valence-corrected chi connectivity index (χ3v) is 3.43. The van der Waals surface area contributed by atoms with Gasteiger partial charge in [0.05, 0.1) is 17.6 Å². The van der Waals surface area contributed by atoms with Crippen LogP contribution in [0, 0.1) is 5.82 Å². The minimum Gasteiger partial charge on any atom is -0.395 e. The monoisotopic (exact) mass is 285 g/mol. The molecule has 5 heteroatoms. The molecule has 1 aromatic heterocycles. The van der Waals surface area contributed by atoms with E-state index in [1.165, 1.54) is 12.1 Å². The van der Waals surface area contributed by atoms with Gasteiger partial charge in [0.1, 0.15) is 11.6 Å². The van der Waals surface area contributed by atoms with Gasteiger partial charge in [-0.1, -0.05) is 0 Å². The highest BCUT2D eigenvalue weighted by Crippen LogP contribution is 2.25. The second-order valence-electron chi connectivity index (χ2n) is 4.86. The third-order valence-electron chi connectivity index (χ3n) is 3.43. The molecule has 108 valence electrons. The highest BCUT2D eigenvalue weighted by molar-refractivity contribution is 5.80. The maximum Gasteiger partial charge on any atom is 0.140 e. The summed E-state index contributed by atoms with van der Waals surface area (Å²) in [6.07, 6.45) is 0. The Morgan fingerprint density at radius 3 is 2.67 bits per heavy atom. The zero-order chi connectivity index (χ0) is 14.8. The van der Waals surface area contributed by atoms with Crippen LogP contribution in [0.15, 0.2) is 42.5 Å². The zero-order valence-electron chi connectivity index (χ0n) is 11.7. The Bertz CT molecular complexity index is 765. The molecule has 0 atom stereocenters. The molecule has 0 aliphatic rings. The van der Waals surface area contributed by atoms with Gasteiger partial charge in [-0.25, -0.2) is 9.37 Å². The molecule has 3 aromatic rings. The molecular formula is C16H16FN3O. The van der Waals surface area contributed by atoms with Gasteiger partial charge in [0.25, 0.3) is 0 Å². The fourth-order valence-corrected chi connectivity index (χ4v) is 2.36. The predicted octanol–water partition coefficient (Wildman–Crippen LogP) is 2.78. The largest absolute Gasteiger partial charge is 0.395 e. The van der Waals surface area contributed by atoms with Gasteiger partial charge in [0.2, 0.25) is 0 Å². The molecule has 0 bridgehead atoms. The van der Waals surface area contributed by atoms with Crippen molar-refractivity contribution in [3.05, 3.63) is 48.3 Å². The molecule has 0 radical (unpaired) electrons. The second-order valence-corrected chi connectivity index (χ2v) is 4.86. The summed E-state index contributed by atoms with van der Waals surface area (Å²) in [5, 5.41) is 11.9. The van der Waals surface area contributed by atoms with Crippen molar-refractivity contribution < 1.29 is 9.50 Å². The number of fused-ring (bicyclic) bond motifs is 1. The Morgan fingerprint density at radius 2 is 1.95 bits per heavy atom. The summed E-state index contributed by atoms with van der Waals surface area (Å²) in [5.41, 5.74) is 3.45. The SMILES string of the molecule is Cn1c(-c2ccc(NCCO)cc2)nc2ccc(F)cc21. The first kappa shape index (κ1) is 13.6. The molecule has 2 aromatic carbocycles. The molecule has 0 unspecified atom stereocenters. The maximum atomic E-state index is 13.3. The van der Waals surface area contributed by atoms with E-state index in [0.29, 0.717) is 6.54 Å². The first-order valence-corrected chi connectivity index (χ1v) is 6.76. The Hall–Kier alpha value is -2.40. The van der Waals surface area contributed by atoms with E-state index in [1.54, 1.807) is 6.07 Å². The van der Waals surface area contributed by atoms with E-state index in [4.69, 9.17) is 5.11 Å². The van der Waals surface area contributed by atoms with E-state index >= 15 is 0 Å². The maximum absolute atomic E-state index is 13.3. The van der Waals surface area contributed by atoms with Crippen molar-refractivity contribution in [3.8, 4) is 11.4 Å². The van der Waals surface area contributed by atoms with E-state index in [1.807, 2.05) is 35.9 Å². The molecule has 0 aliphatic heterocycles. The summed E-state index contributed by atoms with van der Waals surface area (Å²) in [5.74, 6) is 0.532. The van der Waals surface area contributed by atoms with E-state index < -0.39 is 0 Å². The molecule has 0 saturated carbocycles. The fraction of sp³-hybridized carbons (Fsp3) is 0.188. The number of aliphatic hydroxyl groups is 1. The zero-order valence-corrected chi connectivity index (χ0v) is 11.7. The fourth-order valence-electron chi connectivity index (χ4n) is 2.36. The first-order valence-electron chi connectivity index (χ1n) is 6.76. The molecule has 0 amide bonds. The number of nitrogens with zero attached hydrogens (tertiary/aromatic N) is 2. The summed E-state index contributed by atoms with van der Waals surface area (Å²) >= 11 is 0. The summed E-state index contributed by atoms with van der Waals surface area (Å²) in [7, 11) is 1.88. The number of nitrogens with one attached hydrogen (secondary N) is 1. The lowest BCUT2D eigenvalue weighted by atomic mass is 10.2. The van der Waals surface area contributed by atoms with Crippen molar-refractivity contribution in [1.82, 2.24) is 9.55 Å². The second kappa shape index (κ2) is 5.54. The van der Waals surface area contributed by atoms with Crippen LogP contribution in [0.4, 0.5) is 10.1 Å². The molecule has 21 heavy (non-hydrogen) atoms. The first-order chi connectivity index (χ1) is 10.2. The highest BCUT2D eigenvalue weighted by atomic mass is 19.1. The minimum atomic E-state index is -0.263. The Labute approximate surface area is 121 Å². The normalized spacial score (nSPS) is 11.0. The number of hydrogen-bond acceptors (Lipinski definition) is 3. The van der Waals surface area contributed by atoms with Crippen molar-refractivity contribution >= 4 is 16.7 Å². The third kappa shape index (κ3) is 2.60. The summed E-state index contributed by atoms with van der Waals surface area (Å²) in [4.78, 5) is 4.55. The molecule has 0 saturated heterocycles. The molecule has 3 rings (SSSR count). The molecule has 0 fully saturated rings. The average molecular weight is 285 g/mol. The van der Waals surface area contributed by atoms with Gasteiger partial charge in [-0.2, -0.15) is 0 Å². The van der Waals surface area contributed by atoms with Crippen molar-refractivity contribution in [1.29, 1.82) is 0 Å². The number of imidazole rings is 1. The van der Waals surface area contributed by atoms with Gasteiger partial charge in [-0.3, -0.25) is 0 Å². The Morgan fingerprint density at radius 1 is 1.19 bits per heavy atom.